The molecule has 2 unspecified atom stereocenters. The molecule has 4 heteroatoms. The highest BCUT2D eigenvalue weighted by molar-refractivity contribution is 6.31. The second kappa shape index (κ2) is 5.34. The summed E-state index contributed by atoms with van der Waals surface area (Å²) in [7, 11) is 0. The van der Waals surface area contributed by atoms with Gasteiger partial charge in [0, 0.05) is 6.04 Å². The van der Waals surface area contributed by atoms with Crippen LogP contribution in [0.2, 0.25) is 5.02 Å². The molecule has 0 bridgehead atoms. The molecule has 0 spiro atoms. The van der Waals surface area contributed by atoms with Crippen LogP contribution < -0.4 is 11.3 Å². The van der Waals surface area contributed by atoms with Gasteiger partial charge in [-0.3, -0.25) is 11.3 Å². The molecule has 1 aromatic rings. The predicted molar refractivity (Wildman–Crippen MR) is 68.1 cm³/mol. The molecule has 2 nitrogen and oxygen atoms in total. The fourth-order valence-corrected chi connectivity index (χ4v) is 2.49. The average Bonchev–Trinajstić information content (AvgIpc) is 3.14. The van der Waals surface area contributed by atoms with E-state index in [4.69, 9.17) is 17.4 Å². The molecular formula is C13H18ClFN2. The summed E-state index contributed by atoms with van der Waals surface area (Å²) in [5, 5.41) is 0.218. The van der Waals surface area contributed by atoms with Gasteiger partial charge in [0.25, 0.3) is 0 Å². The Balaban J connectivity index is 2.09. The van der Waals surface area contributed by atoms with Gasteiger partial charge in [0.05, 0.1) is 5.02 Å². The summed E-state index contributed by atoms with van der Waals surface area (Å²) in [6, 6.07) is 5.07. The summed E-state index contributed by atoms with van der Waals surface area (Å²) in [6.07, 6.45) is 3.22. The molecule has 1 aromatic carbocycles. The van der Waals surface area contributed by atoms with Crippen LogP contribution in [0.1, 0.15) is 25.3 Å². The second-order valence-electron chi connectivity index (χ2n) is 4.89. The summed E-state index contributed by atoms with van der Waals surface area (Å²) in [6.45, 7) is 2.19. The van der Waals surface area contributed by atoms with Gasteiger partial charge in [-0.15, -0.1) is 0 Å². The minimum atomic E-state index is -0.362. The summed E-state index contributed by atoms with van der Waals surface area (Å²) in [5.74, 6) is 6.48. The van der Waals surface area contributed by atoms with Crippen LogP contribution in [-0.2, 0) is 6.42 Å². The van der Waals surface area contributed by atoms with Gasteiger partial charge in [-0.05, 0) is 42.7 Å². The van der Waals surface area contributed by atoms with Gasteiger partial charge in [0.2, 0.25) is 0 Å². The molecule has 0 aliphatic heterocycles. The van der Waals surface area contributed by atoms with Crippen LogP contribution in [-0.4, -0.2) is 6.04 Å². The summed E-state index contributed by atoms with van der Waals surface area (Å²) < 4.78 is 13.3. The molecule has 2 rings (SSSR count). The highest BCUT2D eigenvalue weighted by Gasteiger charge is 2.33. The Morgan fingerprint density at radius 1 is 1.53 bits per heavy atom. The van der Waals surface area contributed by atoms with E-state index in [-0.39, 0.29) is 16.9 Å². The average molecular weight is 257 g/mol. The van der Waals surface area contributed by atoms with Crippen molar-refractivity contribution >= 4 is 11.6 Å². The van der Waals surface area contributed by atoms with E-state index >= 15 is 0 Å². The second-order valence-corrected chi connectivity index (χ2v) is 5.26. The third-order valence-corrected chi connectivity index (χ3v) is 4.11. The third kappa shape index (κ3) is 2.97. The van der Waals surface area contributed by atoms with Gasteiger partial charge in [-0.1, -0.05) is 30.7 Å². The molecule has 1 aliphatic rings. The molecule has 0 saturated heterocycles. The molecule has 0 heterocycles. The van der Waals surface area contributed by atoms with Crippen molar-refractivity contribution in [3.63, 3.8) is 0 Å². The van der Waals surface area contributed by atoms with Crippen molar-refractivity contribution < 1.29 is 4.39 Å². The molecule has 0 radical (unpaired) electrons. The Bertz CT molecular complexity index is 393. The van der Waals surface area contributed by atoms with Gasteiger partial charge >= 0.3 is 0 Å². The first-order valence-corrected chi connectivity index (χ1v) is 6.40. The minimum Gasteiger partial charge on any atom is -0.271 e. The van der Waals surface area contributed by atoms with Crippen molar-refractivity contribution in [1.82, 2.24) is 5.43 Å². The SMILES string of the molecule is CC(C1CC1)C(Cc1cccc(F)c1Cl)NN. The van der Waals surface area contributed by atoms with E-state index in [9.17, 15) is 4.39 Å². The molecule has 0 amide bonds. The summed E-state index contributed by atoms with van der Waals surface area (Å²) >= 11 is 5.95. The van der Waals surface area contributed by atoms with E-state index in [1.54, 1.807) is 6.07 Å². The molecule has 1 fully saturated rings. The maximum absolute atomic E-state index is 13.3. The normalized spacial score (nSPS) is 19.1. The number of hydrazine groups is 1. The van der Waals surface area contributed by atoms with Crippen LogP contribution in [0.5, 0.6) is 0 Å². The van der Waals surface area contributed by atoms with Gasteiger partial charge < -0.3 is 0 Å². The number of hydrogen-bond acceptors (Lipinski definition) is 2. The van der Waals surface area contributed by atoms with Crippen LogP contribution in [0.25, 0.3) is 0 Å². The molecule has 0 aromatic heterocycles. The lowest BCUT2D eigenvalue weighted by Gasteiger charge is -2.23. The quantitative estimate of drug-likeness (QED) is 0.628. The van der Waals surface area contributed by atoms with Gasteiger partial charge in [0.15, 0.2) is 0 Å². The van der Waals surface area contributed by atoms with Crippen LogP contribution in [0.4, 0.5) is 4.39 Å². The van der Waals surface area contributed by atoms with Gasteiger partial charge in [0.1, 0.15) is 5.82 Å². The molecule has 1 saturated carbocycles. The number of benzene rings is 1. The Labute approximate surface area is 106 Å². The standard InChI is InChI=1S/C13H18ClFN2/c1-8(9-5-6-9)12(17-16)7-10-3-2-4-11(15)13(10)14/h2-4,8-9,12,17H,5-7,16H2,1H3. The zero-order chi connectivity index (χ0) is 12.4. The monoisotopic (exact) mass is 256 g/mol. The van der Waals surface area contributed by atoms with E-state index in [0.29, 0.717) is 12.3 Å². The first-order chi connectivity index (χ1) is 8.13. The number of nitrogens with two attached hydrogens (primary N) is 1. The Kier molecular flexibility index (Phi) is 4.02. The first-order valence-electron chi connectivity index (χ1n) is 6.02. The van der Waals surface area contributed by atoms with E-state index in [2.05, 4.69) is 12.3 Å². The van der Waals surface area contributed by atoms with E-state index in [0.717, 1.165) is 11.5 Å². The topological polar surface area (TPSA) is 38.0 Å². The largest absolute Gasteiger partial charge is 0.271 e. The van der Waals surface area contributed by atoms with Crippen molar-refractivity contribution in [2.75, 3.05) is 0 Å². The fourth-order valence-electron chi connectivity index (χ4n) is 2.29. The highest BCUT2D eigenvalue weighted by Crippen LogP contribution is 2.39. The highest BCUT2D eigenvalue weighted by atomic mass is 35.5. The van der Waals surface area contributed by atoms with Crippen molar-refractivity contribution in [3.05, 3.63) is 34.6 Å². The molecule has 2 atom stereocenters. The lowest BCUT2D eigenvalue weighted by Crippen LogP contribution is -2.42. The van der Waals surface area contributed by atoms with Crippen molar-refractivity contribution in [2.45, 2.75) is 32.2 Å². The maximum Gasteiger partial charge on any atom is 0.142 e. The fraction of sp³-hybridized carbons (Fsp3) is 0.538. The van der Waals surface area contributed by atoms with Crippen molar-refractivity contribution in [2.24, 2.45) is 17.7 Å². The molecule has 17 heavy (non-hydrogen) atoms. The van der Waals surface area contributed by atoms with Crippen LogP contribution in [0, 0.1) is 17.7 Å². The Morgan fingerprint density at radius 3 is 2.82 bits per heavy atom. The minimum absolute atomic E-state index is 0.154. The molecule has 94 valence electrons. The van der Waals surface area contributed by atoms with Gasteiger partial charge in [-0.25, -0.2) is 4.39 Å². The summed E-state index contributed by atoms with van der Waals surface area (Å²) in [5.41, 5.74) is 3.66. The van der Waals surface area contributed by atoms with Crippen molar-refractivity contribution in [3.8, 4) is 0 Å². The van der Waals surface area contributed by atoms with Gasteiger partial charge in [-0.2, -0.15) is 0 Å². The van der Waals surface area contributed by atoms with Crippen LogP contribution in [0.3, 0.4) is 0 Å². The lowest BCUT2D eigenvalue weighted by molar-refractivity contribution is 0.343. The number of nitrogens with one attached hydrogen (secondary N) is 1. The predicted octanol–water partition coefficient (Wildman–Crippen LogP) is 2.90. The lowest BCUT2D eigenvalue weighted by atomic mass is 9.91. The van der Waals surface area contributed by atoms with Crippen molar-refractivity contribution in [1.29, 1.82) is 0 Å². The van der Waals surface area contributed by atoms with E-state index in [1.807, 2.05) is 6.07 Å². The number of rotatable bonds is 5. The molecule has 3 N–H and O–H groups in total. The van der Waals surface area contributed by atoms with E-state index in [1.165, 1.54) is 18.9 Å². The van der Waals surface area contributed by atoms with Crippen LogP contribution >= 0.6 is 11.6 Å². The third-order valence-electron chi connectivity index (χ3n) is 3.69. The Hall–Kier alpha value is -0.640. The number of halogens is 2. The zero-order valence-electron chi connectivity index (χ0n) is 9.92. The maximum atomic E-state index is 13.3. The van der Waals surface area contributed by atoms with Crippen LogP contribution in [0.15, 0.2) is 18.2 Å². The first kappa shape index (κ1) is 12.8. The van der Waals surface area contributed by atoms with E-state index < -0.39 is 0 Å². The zero-order valence-corrected chi connectivity index (χ0v) is 10.7. The molecular weight excluding hydrogens is 239 g/mol. The summed E-state index contributed by atoms with van der Waals surface area (Å²) in [4.78, 5) is 0. The Morgan fingerprint density at radius 2 is 2.24 bits per heavy atom. The number of hydrogen-bond donors (Lipinski definition) is 2. The molecule has 1 aliphatic carbocycles. The smallest absolute Gasteiger partial charge is 0.142 e.